The summed E-state index contributed by atoms with van der Waals surface area (Å²) in [5.74, 6) is -3.54. The maximum atomic E-state index is 14.1. The van der Waals surface area contributed by atoms with Crippen molar-refractivity contribution >= 4 is 29.4 Å². The number of amides is 3. The number of esters is 1. The van der Waals surface area contributed by atoms with Gasteiger partial charge in [0.2, 0.25) is 11.8 Å². The van der Waals surface area contributed by atoms with Gasteiger partial charge >= 0.3 is 5.97 Å². The highest BCUT2D eigenvalue weighted by atomic mass is 16.5. The fourth-order valence-electron chi connectivity index (χ4n) is 6.83. The number of nitrogens with one attached hydrogen (secondary N) is 1. The Bertz CT molecular complexity index is 1400. The van der Waals surface area contributed by atoms with Gasteiger partial charge in [-0.2, -0.15) is 0 Å². The summed E-state index contributed by atoms with van der Waals surface area (Å²) in [6, 6.07) is 22.2. The fourth-order valence-corrected chi connectivity index (χ4v) is 6.83. The van der Waals surface area contributed by atoms with Gasteiger partial charge in [0, 0.05) is 17.5 Å². The maximum absolute atomic E-state index is 14.1. The highest BCUT2D eigenvalue weighted by molar-refractivity contribution is 6.10. The van der Waals surface area contributed by atoms with E-state index in [1.807, 2.05) is 81.4 Å². The first-order valence-corrected chi connectivity index (χ1v) is 13.8. The Morgan fingerprint density at radius 3 is 1.73 bits per heavy atom. The molecule has 1 N–H and O–H groups in total. The molecule has 1 heterocycles. The number of imide groups is 1. The minimum atomic E-state index is -1.09. The zero-order valence-corrected chi connectivity index (χ0v) is 22.8. The first kappa shape index (κ1) is 26.0. The molecule has 7 nitrogen and oxygen atoms in total. The molecule has 0 radical (unpaired) electrons. The van der Waals surface area contributed by atoms with Crippen LogP contribution in [0.4, 0.5) is 5.69 Å². The molecule has 7 rings (SSSR count). The van der Waals surface area contributed by atoms with Crippen LogP contribution in [0.25, 0.3) is 0 Å². The summed E-state index contributed by atoms with van der Waals surface area (Å²) >= 11 is 0. The van der Waals surface area contributed by atoms with E-state index in [1.54, 1.807) is 12.1 Å². The van der Waals surface area contributed by atoms with E-state index < -0.39 is 36.4 Å². The average Bonchev–Trinajstić information content (AvgIpc) is 3.21. The van der Waals surface area contributed by atoms with E-state index in [0.29, 0.717) is 5.69 Å². The van der Waals surface area contributed by atoms with E-state index in [2.05, 4.69) is 5.32 Å². The maximum Gasteiger partial charge on any atom is 0.329 e. The second-order valence-corrected chi connectivity index (χ2v) is 11.5. The normalized spacial score (nSPS) is 22.9. The third-order valence-corrected chi connectivity index (χ3v) is 8.44. The molecule has 3 amide bonds. The number of hydrogen-bond acceptors (Lipinski definition) is 5. The molecule has 0 unspecified atom stereocenters. The number of benzene rings is 3. The summed E-state index contributed by atoms with van der Waals surface area (Å²) in [6.45, 7) is 5.30. The highest BCUT2D eigenvalue weighted by Gasteiger charge is 2.63. The summed E-state index contributed by atoms with van der Waals surface area (Å²) < 4.78 is 5.42. The Balaban J connectivity index is 1.27. The summed E-state index contributed by atoms with van der Waals surface area (Å²) in [4.78, 5) is 55.3. The van der Waals surface area contributed by atoms with Crippen molar-refractivity contribution in [3.05, 3.63) is 101 Å². The topological polar surface area (TPSA) is 92.8 Å². The van der Waals surface area contributed by atoms with Crippen molar-refractivity contribution in [1.29, 1.82) is 0 Å². The molecule has 2 bridgehead atoms. The van der Waals surface area contributed by atoms with Crippen LogP contribution in [0.5, 0.6) is 0 Å². The van der Waals surface area contributed by atoms with Gasteiger partial charge in [0.25, 0.3) is 5.91 Å². The van der Waals surface area contributed by atoms with Gasteiger partial charge in [-0.3, -0.25) is 19.3 Å². The molecule has 3 aliphatic carbocycles. The van der Waals surface area contributed by atoms with Crippen molar-refractivity contribution in [2.24, 2.45) is 17.8 Å². The molecule has 1 aliphatic heterocycles. The number of carbonyl (C=O) groups is 4. The SMILES string of the molecule is Cc1ccc(NC(=O)COC(=O)[C@@H](CC(C)C)N2C(=O)[C@@H]3C4c5ccccc5C(c5ccccc54)[C@@H]3C2=O)cc1. The largest absolute Gasteiger partial charge is 0.454 e. The van der Waals surface area contributed by atoms with Crippen LogP contribution in [0, 0.1) is 24.7 Å². The fraction of sp³-hybridized carbons (Fsp3) is 0.333. The molecule has 1 saturated heterocycles. The van der Waals surface area contributed by atoms with Crippen molar-refractivity contribution in [2.45, 2.75) is 45.1 Å². The molecule has 3 aromatic rings. The number of nitrogens with zero attached hydrogens (tertiary/aromatic N) is 1. The predicted molar refractivity (Wildman–Crippen MR) is 149 cm³/mol. The lowest BCUT2D eigenvalue weighted by molar-refractivity contribution is -0.160. The quantitative estimate of drug-likeness (QED) is 0.347. The lowest BCUT2D eigenvalue weighted by atomic mass is 9.55. The third-order valence-electron chi connectivity index (χ3n) is 8.44. The van der Waals surface area contributed by atoms with Crippen molar-refractivity contribution < 1.29 is 23.9 Å². The summed E-state index contributed by atoms with van der Waals surface area (Å²) in [7, 11) is 0. The second-order valence-electron chi connectivity index (χ2n) is 11.5. The molecule has 0 spiro atoms. The van der Waals surface area contributed by atoms with E-state index in [9.17, 15) is 19.2 Å². The van der Waals surface area contributed by atoms with Crippen LogP contribution in [0.1, 0.15) is 59.9 Å². The molecule has 4 aliphatic rings. The predicted octanol–water partition coefficient (Wildman–Crippen LogP) is 4.78. The summed E-state index contributed by atoms with van der Waals surface area (Å²) in [5, 5.41) is 2.71. The first-order chi connectivity index (χ1) is 19.3. The van der Waals surface area contributed by atoms with Crippen LogP contribution >= 0.6 is 0 Å². The van der Waals surface area contributed by atoms with Gasteiger partial charge in [-0.05, 0) is 53.6 Å². The van der Waals surface area contributed by atoms with E-state index in [4.69, 9.17) is 4.74 Å². The molecule has 0 saturated carbocycles. The van der Waals surface area contributed by atoms with Gasteiger partial charge in [0.15, 0.2) is 6.61 Å². The molecule has 3 aromatic carbocycles. The minimum Gasteiger partial charge on any atom is -0.454 e. The minimum absolute atomic E-state index is 0.00767. The Morgan fingerprint density at radius 2 is 1.27 bits per heavy atom. The van der Waals surface area contributed by atoms with E-state index in [0.717, 1.165) is 32.7 Å². The van der Waals surface area contributed by atoms with Gasteiger partial charge in [-0.15, -0.1) is 0 Å². The number of likely N-dealkylation sites (tertiary alicyclic amines) is 1. The van der Waals surface area contributed by atoms with Crippen molar-refractivity contribution in [3.63, 3.8) is 0 Å². The van der Waals surface area contributed by atoms with Gasteiger partial charge in [0.05, 0.1) is 11.8 Å². The van der Waals surface area contributed by atoms with Crippen LogP contribution < -0.4 is 5.32 Å². The standard InChI is InChI=1S/C33H32N2O5/c1-18(2)16-25(33(39)40-17-26(36)34-20-14-12-19(3)13-15-20)35-31(37)29-27-21-8-4-5-9-22(21)28(30(29)32(35)38)24-11-7-6-10-23(24)27/h4-15,18,25,27-30H,16-17H2,1-3H3,(H,34,36)/t25-,27?,28?,29-,30+/m1/s1. The zero-order valence-electron chi connectivity index (χ0n) is 22.8. The Kier molecular flexibility index (Phi) is 6.53. The first-order valence-electron chi connectivity index (χ1n) is 13.8. The molecule has 7 heteroatoms. The van der Waals surface area contributed by atoms with Crippen LogP contribution in [0.2, 0.25) is 0 Å². The van der Waals surface area contributed by atoms with E-state index in [1.165, 1.54) is 0 Å². The number of anilines is 1. The van der Waals surface area contributed by atoms with Gasteiger partial charge in [0.1, 0.15) is 6.04 Å². The van der Waals surface area contributed by atoms with Gasteiger partial charge < -0.3 is 10.1 Å². The summed E-state index contributed by atoms with van der Waals surface area (Å²) in [5.41, 5.74) is 5.95. The molecular formula is C33H32N2O5. The van der Waals surface area contributed by atoms with Crippen LogP contribution in [0.3, 0.4) is 0 Å². The molecular weight excluding hydrogens is 504 g/mol. The molecule has 3 atom stereocenters. The zero-order chi connectivity index (χ0) is 28.1. The van der Waals surface area contributed by atoms with Gasteiger partial charge in [-0.25, -0.2) is 4.79 Å². The number of ether oxygens (including phenoxy) is 1. The monoisotopic (exact) mass is 536 g/mol. The van der Waals surface area contributed by atoms with E-state index >= 15 is 0 Å². The number of aryl methyl sites for hydroxylation is 1. The molecule has 1 fully saturated rings. The number of carbonyl (C=O) groups excluding carboxylic acids is 4. The van der Waals surface area contributed by atoms with Crippen LogP contribution in [-0.4, -0.2) is 41.2 Å². The molecule has 204 valence electrons. The average molecular weight is 537 g/mol. The van der Waals surface area contributed by atoms with Crippen molar-refractivity contribution in [2.75, 3.05) is 11.9 Å². The number of hydrogen-bond donors (Lipinski definition) is 1. The van der Waals surface area contributed by atoms with Gasteiger partial charge in [-0.1, -0.05) is 80.1 Å². The second kappa shape index (κ2) is 10.0. The molecule has 40 heavy (non-hydrogen) atoms. The number of rotatable bonds is 7. The van der Waals surface area contributed by atoms with E-state index in [-0.39, 0.29) is 36.0 Å². The highest BCUT2D eigenvalue weighted by Crippen LogP contribution is 2.61. The lowest BCUT2D eigenvalue weighted by Crippen LogP contribution is -2.47. The third kappa shape index (κ3) is 4.21. The summed E-state index contributed by atoms with van der Waals surface area (Å²) in [6.07, 6.45) is 0.255. The van der Waals surface area contributed by atoms with Crippen molar-refractivity contribution in [1.82, 2.24) is 4.90 Å². The lowest BCUT2D eigenvalue weighted by Gasteiger charge is -2.45. The Hall–Kier alpha value is -4.26. The Morgan fingerprint density at radius 1 is 0.800 bits per heavy atom. The van der Waals surface area contributed by atoms with Crippen LogP contribution in [-0.2, 0) is 23.9 Å². The van der Waals surface area contributed by atoms with Crippen LogP contribution in [0.15, 0.2) is 72.8 Å². The molecule has 0 aromatic heterocycles. The smallest absolute Gasteiger partial charge is 0.329 e. The Labute approximate surface area is 233 Å². The van der Waals surface area contributed by atoms with Crippen molar-refractivity contribution in [3.8, 4) is 0 Å².